The maximum Gasteiger partial charge on any atom is 0.238 e. The maximum absolute atomic E-state index is 15.3. The molecule has 0 aromatic heterocycles. The lowest BCUT2D eigenvalue weighted by molar-refractivity contribution is -0.152. The number of carbonyl (C=O) groups excluding carboxylic acids is 4. The SMILES string of the molecule is CC(C)(C)CC(C(=O)C(CCCC(N)=O)(C(N)=O)C(=O)C(CC(C)(C)C)c1cc(C(C)(C)C)ccc1O)c1cc(C(C)(C)C)ccc1O. The minimum atomic E-state index is -2.39. The van der Waals surface area contributed by atoms with E-state index >= 15 is 9.59 Å². The zero-order valence-electron chi connectivity index (χ0n) is 31.3. The number of rotatable bonds is 13. The number of nitrogens with two attached hydrogens (primary N) is 2. The van der Waals surface area contributed by atoms with Crippen molar-refractivity contribution < 1.29 is 29.4 Å². The number of carbonyl (C=O) groups is 4. The molecule has 0 saturated carbocycles. The average molecular weight is 665 g/mol. The Kier molecular flexibility index (Phi) is 12.2. The van der Waals surface area contributed by atoms with Crippen molar-refractivity contribution in [2.75, 3.05) is 0 Å². The summed E-state index contributed by atoms with van der Waals surface area (Å²) in [7, 11) is 0. The fourth-order valence-electron chi connectivity index (χ4n) is 6.37. The van der Waals surface area contributed by atoms with Crippen molar-refractivity contribution >= 4 is 23.4 Å². The highest BCUT2D eigenvalue weighted by Gasteiger charge is 2.56. The fourth-order valence-corrected chi connectivity index (χ4v) is 6.37. The molecule has 2 unspecified atom stereocenters. The van der Waals surface area contributed by atoms with Gasteiger partial charge in [0.05, 0.1) is 0 Å². The Morgan fingerprint density at radius 3 is 1.25 bits per heavy atom. The monoisotopic (exact) mass is 664 g/mol. The van der Waals surface area contributed by atoms with E-state index in [1.54, 1.807) is 24.3 Å². The van der Waals surface area contributed by atoms with Crippen LogP contribution in [0.3, 0.4) is 0 Å². The Morgan fingerprint density at radius 1 is 0.625 bits per heavy atom. The summed E-state index contributed by atoms with van der Waals surface area (Å²) in [6.45, 7) is 23.7. The molecule has 2 aromatic carbocycles. The molecule has 2 atom stereocenters. The summed E-state index contributed by atoms with van der Waals surface area (Å²) in [4.78, 5) is 56.5. The molecule has 2 rings (SSSR count). The van der Waals surface area contributed by atoms with Gasteiger partial charge in [0.25, 0.3) is 0 Å². The van der Waals surface area contributed by atoms with Crippen molar-refractivity contribution in [1.82, 2.24) is 0 Å². The molecule has 8 nitrogen and oxygen atoms in total. The van der Waals surface area contributed by atoms with E-state index in [9.17, 15) is 19.8 Å². The van der Waals surface area contributed by atoms with E-state index in [0.29, 0.717) is 11.1 Å². The Hall–Kier alpha value is -3.68. The van der Waals surface area contributed by atoms with E-state index in [0.717, 1.165) is 11.1 Å². The molecular weight excluding hydrogens is 604 g/mol. The smallest absolute Gasteiger partial charge is 0.238 e. The number of phenolic OH excluding ortho intramolecular Hbond substituents is 2. The lowest BCUT2D eigenvalue weighted by atomic mass is 9.61. The first kappa shape index (κ1) is 40.5. The normalized spacial score (nSPS) is 15.3. The van der Waals surface area contributed by atoms with Crippen LogP contribution in [0.2, 0.25) is 0 Å². The molecule has 0 fully saturated rings. The van der Waals surface area contributed by atoms with Gasteiger partial charge in [-0.25, -0.2) is 0 Å². The van der Waals surface area contributed by atoms with E-state index in [1.807, 2.05) is 83.1 Å². The third-order valence-corrected chi connectivity index (χ3v) is 9.04. The summed E-state index contributed by atoms with van der Waals surface area (Å²) in [5.41, 5.74) is 10.0. The minimum absolute atomic E-state index is 0.0394. The lowest BCUT2D eigenvalue weighted by Crippen LogP contribution is -2.54. The Balaban J connectivity index is 3.05. The highest BCUT2D eigenvalue weighted by molar-refractivity contribution is 6.26. The molecule has 0 spiro atoms. The van der Waals surface area contributed by atoms with Crippen molar-refractivity contribution in [1.29, 1.82) is 0 Å². The zero-order chi connectivity index (χ0) is 37.2. The second-order valence-corrected chi connectivity index (χ2v) is 18.0. The number of hydrogen-bond donors (Lipinski definition) is 4. The predicted octanol–water partition coefficient (Wildman–Crippen LogP) is 7.70. The van der Waals surface area contributed by atoms with Gasteiger partial charge in [-0.2, -0.15) is 0 Å². The van der Waals surface area contributed by atoms with E-state index in [4.69, 9.17) is 11.5 Å². The maximum atomic E-state index is 15.3. The first-order valence-electron chi connectivity index (χ1n) is 17.0. The number of benzene rings is 2. The summed E-state index contributed by atoms with van der Waals surface area (Å²) in [6, 6.07) is 10.2. The highest BCUT2D eigenvalue weighted by atomic mass is 16.3. The van der Waals surface area contributed by atoms with Crippen LogP contribution in [0.5, 0.6) is 11.5 Å². The fraction of sp³-hybridized carbons (Fsp3) is 0.600. The third-order valence-electron chi connectivity index (χ3n) is 9.04. The van der Waals surface area contributed by atoms with Crippen LogP contribution in [0.15, 0.2) is 36.4 Å². The van der Waals surface area contributed by atoms with Crippen LogP contribution in [0.4, 0.5) is 0 Å². The first-order valence-corrected chi connectivity index (χ1v) is 17.0. The molecule has 48 heavy (non-hydrogen) atoms. The molecular formula is C40H60N2O6. The standard InChI is InChI=1S/C40H60N2O6/c1-36(2,3)22-28(26-20-24(38(7,8)9)15-17-30(26)43)33(46)40(35(42)48,19-13-14-32(41)45)34(47)29(23-37(4,5)6)27-21-25(39(10,11)12)16-18-31(27)44/h15-18,20-21,28-29,43-44H,13-14,19,22-23H2,1-12H3,(H2,41,45)(H2,42,48). The molecule has 0 heterocycles. The van der Waals surface area contributed by atoms with Gasteiger partial charge >= 0.3 is 0 Å². The van der Waals surface area contributed by atoms with E-state index in [1.165, 1.54) is 12.1 Å². The molecule has 0 radical (unpaired) electrons. The molecule has 0 saturated heterocycles. The Labute approximate surface area is 288 Å². The van der Waals surface area contributed by atoms with Crippen LogP contribution >= 0.6 is 0 Å². The summed E-state index contributed by atoms with van der Waals surface area (Å²) < 4.78 is 0. The second-order valence-electron chi connectivity index (χ2n) is 18.0. The van der Waals surface area contributed by atoms with E-state index in [2.05, 4.69) is 0 Å². The number of amides is 2. The van der Waals surface area contributed by atoms with Gasteiger partial charge in [-0.3, -0.25) is 19.2 Å². The van der Waals surface area contributed by atoms with Crippen LogP contribution < -0.4 is 11.5 Å². The summed E-state index contributed by atoms with van der Waals surface area (Å²) in [5, 5.41) is 22.5. The summed E-state index contributed by atoms with van der Waals surface area (Å²) >= 11 is 0. The van der Waals surface area contributed by atoms with E-state index < -0.39 is 51.5 Å². The second kappa shape index (κ2) is 14.4. The van der Waals surface area contributed by atoms with Gasteiger partial charge in [0, 0.05) is 29.4 Å². The average Bonchev–Trinajstić information content (AvgIpc) is 2.90. The van der Waals surface area contributed by atoms with Gasteiger partial charge in [-0.05, 0) is 70.6 Å². The molecule has 6 N–H and O–H groups in total. The van der Waals surface area contributed by atoms with Gasteiger partial charge in [0.1, 0.15) is 11.5 Å². The van der Waals surface area contributed by atoms with Crippen molar-refractivity contribution in [2.24, 2.45) is 27.7 Å². The lowest BCUT2D eigenvalue weighted by Gasteiger charge is -2.38. The van der Waals surface area contributed by atoms with E-state index in [-0.39, 0.29) is 54.4 Å². The Bertz CT molecular complexity index is 1420. The van der Waals surface area contributed by atoms with Crippen molar-refractivity contribution in [3.8, 4) is 11.5 Å². The predicted molar refractivity (Wildman–Crippen MR) is 192 cm³/mol. The molecule has 0 aliphatic carbocycles. The van der Waals surface area contributed by atoms with Crippen molar-refractivity contribution in [3.63, 3.8) is 0 Å². The quantitative estimate of drug-likeness (QED) is 0.161. The number of phenols is 2. The van der Waals surface area contributed by atoms with Crippen LogP contribution in [0.1, 0.15) is 149 Å². The van der Waals surface area contributed by atoms with Gasteiger partial charge < -0.3 is 21.7 Å². The third kappa shape index (κ3) is 9.93. The van der Waals surface area contributed by atoms with Crippen molar-refractivity contribution in [3.05, 3.63) is 58.7 Å². The molecule has 8 heteroatoms. The molecule has 2 amide bonds. The number of hydrogen-bond acceptors (Lipinski definition) is 6. The molecule has 2 aromatic rings. The summed E-state index contributed by atoms with van der Waals surface area (Å²) in [6.07, 6.45) is -0.162. The molecule has 0 aliphatic heterocycles. The molecule has 0 bridgehead atoms. The van der Waals surface area contributed by atoms with Crippen LogP contribution in [-0.2, 0) is 30.0 Å². The number of Topliss-reactive ketones (excluding diaryl/α,β-unsaturated/α-hetero) is 2. The van der Waals surface area contributed by atoms with Gasteiger partial charge in [0.2, 0.25) is 11.8 Å². The van der Waals surface area contributed by atoms with Crippen LogP contribution in [-0.4, -0.2) is 33.6 Å². The highest BCUT2D eigenvalue weighted by Crippen LogP contribution is 2.48. The summed E-state index contributed by atoms with van der Waals surface area (Å²) in [5.74, 6) is -5.68. The van der Waals surface area contributed by atoms with Crippen LogP contribution in [0, 0.1) is 16.2 Å². The number of primary amides is 2. The topological polar surface area (TPSA) is 161 Å². The van der Waals surface area contributed by atoms with Gasteiger partial charge in [-0.15, -0.1) is 0 Å². The molecule has 266 valence electrons. The molecule has 0 aliphatic rings. The first-order chi connectivity index (χ1) is 21.6. The number of ketones is 2. The zero-order valence-corrected chi connectivity index (χ0v) is 31.3. The van der Waals surface area contributed by atoms with Crippen LogP contribution in [0.25, 0.3) is 0 Å². The largest absolute Gasteiger partial charge is 0.508 e. The van der Waals surface area contributed by atoms with Crippen molar-refractivity contribution in [2.45, 2.75) is 138 Å². The number of aromatic hydroxyl groups is 2. The minimum Gasteiger partial charge on any atom is -0.508 e. The Morgan fingerprint density at radius 2 is 0.979 bits per heavy atom. The van der Waals surface area contributed by atoms with Gasteiger partial charge in [-0.1, -0.05) is 107 Å². The van der Waals surface area contributed by atoms with Gasteiger partial charge in [0.15, 0.2) is 17.0 Å².